The lowest BCUT2D eigenvalue weighted by Crippen LogP contribution is -2.47. The van der Waals surface area contributed by atoms with Crippen LogP contribution in [0.5, 0.6) is 0 Å². The second-order valence-electron chi connectivity index (χ2n) is 7.36. The monoisotopic (exact) mass is 381 g/mol. The number of hydrogen-bond acceptors (Lipinski definition) is 6. The van der Waals surface area contributed by atoms with E-state index in [1.165, 1.54) is 16.8 Å². The number of amides is 1. The number of carbonyl (C=O) groups excluding carboxylic acids is 1. The average molecular weight is 381 g/mol. The van der Waals surface area contributed by atoms with E-state index in [1.807, 2.05) is 0 Å². The highest BCUT2D eigenvalue weighted by Gasteiger charge is 2.22. The zero-order valence-electron chi connectivity index (χ0n) is 16.6. The molecule has 2 saturated heterocycles. The zero-order chi connectivity index (χ0) is 19.5. The van der Waals surface area contributed by atoms with Gasteiger partial charge in [-0.05, 0) is 31.0 Å². The molecule has 7 heteroatoms. The van der Waals surface area contributed by atoms with Crippen molar-refractivity contribution >= 4 is 17.4 Å². The minimum Gasteiger partial charge on any atom is -0.378 e. The molecule has 1 aromatic heterocycles. The third kappa shape index (κ3) is 3.80. The van der Waals surface area contributed by atoms with E-state index in [9.17, 15) is 4.79 Å². The molecule has 1 aromatic carbocycles. The van der Waals surface area contributed by atoms with Gasteiger partial charge in [0.2, 0.25) is 0 Å². The summed E-state index contributed by atoms with van der Waals surface area (Å²) in [5, 5.41) is 0. The second-order valence-corrected chi connectivity index (χ2v) is 7.36. The molecule has 148 valence electrons. The zero-order valence-corrected chi connectivity index (χ0v) is 16.6. The quantitative estimate of drug-likeness (QED) is 0.809. The molecular weight excluding hydrogens is 354 g/mol. The summed E-state index contributed by atoms with van der Waals surface area (Å²) < 4.78 is 5.30. The maximum atomic E-state index is 12.5. The van der Waals surface area contributed by atoms with Gasteiger partial charge in [-0.3, -0.25) is 4.79 Å². The van der Waals surface area contributed by atoms with Crippen LogP contribution in [0.3, 0.4) is 0 Å². The molecule has 2 aromatic rings. The third-order valence-corrected chi connectivity index (χ3v) is 5.68. The summed E-state index contributed by atoms with van der Waals surface area (Å²) in [6.45, 7) is 10.4. The van der Waals surface area contributed by atoms with Crippen molar-refractivity contribution in [3.05, 3.63) is 47.4 Å². The summed E-state index contributed by atoms with van der Waals surface area (Å²) in [6.07, 6.45) is 3.32. The number of morpholine rings is 1. The van der Waals surface area contributed by atoms with E-state index in [1.54, 1.807) is 17.3 Å². The highest BCUT2D eigenvalue weighted by Crippen LogP contribution is 2.24. The summed E-state index contributed by atoms with van der Waals surface area (Å²) in [6, 6.07) is 6.48. The van der Waals surface area contributed by atoms with Gasteiger partial charge in [-0.15, -0.1) is 0 Å². The van der Waals surface area contributed by atoms with Crippen LogP contribution in [-0.4, -0.2) is 73.3 Å². The van der Waals surface area contributed by atoms with E-state index < -0.39 is 0 Å². The van der Waals surface area contributed by atoms with Crippen molar-refractivity contribution in [2.24, 2.45) is 0 Å². The minimum absolute atomic E-state index is 0.0675. The third-order valence-electron chi connectivity index (χ3n) is 5.68. The fourth-order valence-electron chi connectivity index (χ4n) is 3.78. The van der Waals surface area contributed by atoms with Crippen LogP contribution in [0.15, 0.2) is 30.6 Å². The fourth-order valence-corrected chi connectivity index (χ4v) is 3.78. The van der Waals surface area contributed by atoms with Gasteiger partial charge < -0.3 is 19.4 Å². The predicted octanol–water partition coefficient (Wildman–Crippen LogP) is 1.89. The van der Waals surface area contributed by atoms with Crippen molar-refractivity contribution in [1.29, 1.82) is 0 Å². The van der Waals surface area contributed by atoms with E-state index in [4.69, 9.17) is 4.74 Å². The van der Waals surface area contributed by atoms with Crippen molar-refractivity contribution in [3.8, 4) is 0 Å². The maximum absolute atomic E-state index is 12.5. The number of piperazine rings is 1. The number of hydrogen-bond donors (Lipinski definition) is 0. The first kappa shape index (κ1) is 18.7. The van der Waals surface area contributed by atoms with Crippen molar-refractivity contribution in [2.75, 3.05) is 62.3 Å². The molecule has 4 rings (SSSR count). The Labute approximate surface area is 165 Å². The van der Waals surface area contributed by atoms with Crippen LogP contribution < -0.4 is 9.80 Å². The first-order valence-corrected chi connectivity index (χ1v) is 9.88. The van der Waals surface area contributed by atoms with Gasteiger partial charge in [-0.1, -0.05) is 12.1 Å². The molecule has 0 radical (unpaired) electrons. The van der Waals surface area contributed by atoms with Gasteiger partial charge in [0, 0.05) is 45.0 Å². The predicted molar refractivity (Wildman–Crippen MR) is 109 cm³/mol. The summed E-state index contributed by atoms with van der Waals surface area (Å²) >= 11 is 0. The Kier molecular flexibility index (Phi) is 5.43. The molecule has 0 bridgehead atoms. The van der Waals surface area contributed by atoms with Crippen LogP contribution in [0.4, 0.5) is 11.5 Å². The van der Waals surface area contributed by atoms with Crippen molar-refractivity contribution in [1.82, 2.24) is 14.9 Å². The van der Waals surface area contributed by atoms with Gasteiger partial charge in [0.15, 0.2) is 0 Å². The first-order chi connectivity index (χ1) is 13.6. The molecule has 1 amide bonds. The van der Waals surface area contributed by atoms with Gasteiger partial charge in [0.1, 0.15) is 11.5 Å². The van der Waals surface area contributed by atoms with E-state index in [0.29, 0.717) is 32.0 Å². The lowest BCUT2D eigenvalue weighted by molar-refractivity contribution is 0.0298. The van der Waals surface area contributed by atoms with Gasteiger partial charge in [0.05, 0.1) is 25.6 Å². The molecule has 0 saturated carbocycles. The van der Waals surface area contributed by atoms with Crippen molar-refractivity contribution in [3.63, 3.8) is 0 Å². The van der Waals surface area contributed by atoms with Crippen molar-refractivity contribution in [2.45, 2.75) is 13.8 Å². The molecular formula is C21H27N5O2. The Balaban J connectivity index is 1.38. The normalized spacial score (nSPS) is 17.7. The number of aromatic nitrogens is 2. The van der Waals surface area contributed by atoms with Gasteiger partial charge in [-0.25, -0.2) is 9.97 Å². The maximum Gasteiger partial charge on any atom is 0.274 e. The largest absolute Gasteiger partial charge is 0.378 e. The highest BCUT2D eigenvalue weighted by atomic mass is 16.5. The van der Waals surface area contributed by atoms with Gasteiger partial charge in [-0.2, -0.15) is 0 Å². The van der Waals surface area contributed by atoms with Crippen LogP contribution in [0.2, 0.25) is 0 Å². The topological polar surface area (TPSA) is 61.8 Å². The number of ether oxygens (including phenoxy) is 1. The Morgan fingerprint density at radius 1 is 0.929 bits per heavy atom. The Morgan fingerprint density at radius 3 is 2.32 bits per heavy atom. The molecule has 0 atom stereocenters. The molecule has 28 heavy (non-hydrogen) atoms. The number of benzene rings is 1. The lowest BCUT2D eigenvalue weighted by atomic mass is 10.1. The Hall–Kier alpha value is -2.67. The fraction of sp³-hybridized carbons (Fsp3) is 0.476. The van der Waals surface area contributed by atoms with E-state index >= 15 is 0 Å². The Morgan fingerprint density at radius 2 is 1.64 bits per heavy atom. The smallest absolute Gasteiger partial charge is 0.274 e. The molecule has 3 heterocycles. The highest BCUT2D eigenvalue weighted by molar-refractivity contribution is 5.92. The van der Waals surface area contributed by atoms with E-state index in [2.05, 4.69) is 51.8 Å². The Bertz CT molecular complexity index is 825. The van der Waals surface area contributed by atoms with E-state index in [0.717, 1.165) is 32.0 Å². The lowest BCUT2D eigenvalue weighted by Gasteiger charge is -2.37. The SMILES string of the molecule is Cc1cccc(N2CCN(c3cnc(C(=O)N4CCOCC4)cn3)CC2)c1C. The molecule has 0 spiro atoms. The summed E-state index contributed by atoms with van der Waals surface area (Å²) in [7, 11) is 0. The molecule has 2 aliphatic heterocycles. The number of carbonyl (C=O) groups is 1. The first-order valence-electron chi connectivity index (χ1n) is 9.88. The van der Waals surface area contributed by atoms with Crippen LogP contribution in [-0.2, 0) is 4.74 Å². The van der Waals surface area contributed by atoms with Crippen LogP contribution in [0.25, 0.3) is 0 Å². The van der Waals surface area contributed by atoms with Crippen LogP contribution >= 0.6 is 0 Å². The van der Waals surface area contributed by atoms with Crippen LogP contribution in [0, 0.1) is 13.8 Å². The van der Waals surface area contributed by atoms with Gasteiger partial charge >= 0.3 is 0 Å². The molecule has 2 fully saturated rings. The molecule has 7 nitrogen and oxygen atoms in total. The number of aryl methyl sites for hydroxylation is 1. The molecule has 2 aliphatic rings. The molecule has 0 unspecified atom stereocenters. The van der Waals surface area contributed by atoms with Crippen molar-refractivity contribution < 1.29 is 9.53 Å². The summed E-state index contributed by atoms with van der Waals surface area (Å²) in [5.41, 5.74) is 4.39. The summed E-state index contributed by atoms with van der Waals surface area (Å²) in [5.74, 6) is 0.765. The second kappa shape index (κ2) is 8.14. The van der Waals surface area contributed by atoms with Gasteiger partial charge in [0.25, 0.3) is 5.91 Å². The molecule has 0 N–H and O–H groups in total. The average Bonchev–Trinajstić information content (AvgIpc) is 2.76. The standard InChI is InChI=1S/C21H27N5O2/c1-16-4-3-5-19(17(16)2)24-6-8-25(9-7-24)20-15-22-18(14-23-20)21(27)26-10-12-28-13-11-26/h3-5,14-15H,6-13H2,1-2H3. The number of rotatable bonds is 3. The molecule has 0 aliphatic carbocycles. The number of anilines is 2. The number of nitrogens with zero attached hydrogens (tertiary/aromatic N) is 5. The minimum atomic E-state index is -0.0675. The summed E-state index contributed by atoms with van der Waals surface area (Å²) in [4.78, 5) is 27.8. The van der Waals surface area contributed by atoms with E-state index in [-0.39, 0.29) is 5.91 Å². The van der Waals surface area contributed by atoms with Crippen LogP contribution in [0.1, 0.15) is 21.6 Å².